The van der Waals surface area contributed by atoms with Gasteiger partial charge in [0.15, 0.2) is 0 Å². The van der Waals surface area contributed by atoms with Crippen LogP contribution in [0.4, 0.5) is 0 Å². The number of hydrogen-bond donors (Lipinski definition) is 0. The van der Waals surface area contributed by atoms with Crippen LogP contribution in [0.25, 0.3) is 0 Å². The van der Waals surface area contributed by atoms with Crippen LogP contribution < -0.4 is 0 Å². The number of rotatable bonds is 4. The van der Waals surface area contributed by atoms with E-state index in [9.17, 15) is 4.79 Å². The molecule has 1 atom stereocenters. The molecule has 0 aromatic rings. The van der Waals surface area contributed by atoms with Gasteiger partial charge in [-0.3, -0.25) is 4.79 Å². The van der Waals surface area contributed by atoms with Gasteiger partial charge in [-0.15, -0.1) is 0 Å². The van der Waals surface area contributed by atoms with Crippen molar-refractivity contribution in [1.29, 1.82) is 21.0 Å². The molecule has 6 nitrogen and oxygen atoms in total. The van der Waals surface area contributed by atoms with Crippen molar-refractivity contribution in [3.8, 4) is 24.3 Å². The Kier molecular flexibility index (Phi) is 7.06. The first-order valence-corrected chi connectivity index (χ1v) is 7.32. The van der Waals surface area contributed by atoms with Gasteiger partial charge < -0.3 is 4.74 Å². The number of ether oxygens (including phenoxy) is 1. The lowest BCUT2D eigenvalue weighted by atomic mass is 9.76. The predicted octanol–water partition coefficient (Wildman–Crippen LogP) is 2.82. The Morgan fingerprint density at radius 1 is 1.09 bits per heavy atom. The standard InChI is InChI=1S/C17H16N4O2/c1-2-23-17(22)6-4-13-7-12(14(8-18)9-19)3-5-16(13)15(10-20)11-21/h13H,2-7H2,1H3. The summed E-state index contributed by atoms with van der Waals surface area (Å²) in [4.78, 5) is 11.5. The highest BCUT2D eigenvalue weighted by Crippen LogP contribution is 2.38. The molecule has 0 saturated heterocycles. The smallest absolute Gasteiger partial charge is 0.305 e. The Hall–Kier alpha value is -3.09. The lowest BCUT2D eigenvalue weighted by Crippen LogP contribution is -2.17. The van der Waals surface area contributed by atoms with Crippen molar-refractivity contribution in [3.63, 3.8) is 0 Å². The van der Waals surface area contributed by atoms with E-state index in [1.807, 2.05) is 24.3 Å². The molecule has 1 saturated carbocycles. The second kappa shape index (κ2) is 9.04. The quantitative estimate of drug-likeness (QED) is 0.581. The van der Waals surface area contributed by atoms with E-state index in [1.54, 1.807) is 6.92 Å². The van der Waals surface area contributed by atoms with E-state index in [0.29, 0.717) is 37.9 Å². The molecule has 0 N–H and O–H groups in total. The number of allylic oxidation sites excluding steroid dienone is 4. The number of nitriles is 4. The lowest BCUT2D eigenvalue weighted by Gasteiger charge is -2.27. The highest BCUT2D eigenvalue weighted by Gasteiger charge is 2.27. The summed E-state index contributed by atoms with van der Waals surface area (Å²) in [5.41, 5.74) is 1.58. The van der Waals surface area contributed by atoms with Gasteiger partial charge in [0.05, 0.1) is 6.61 Å². The van der Waals surface area contributed by atoms with Gasteiger partial charge in [0.1, 0.15) is 35.4 Å². The summed E-state index contributed by atoms with van der Waals surface area (Å²) in [6.07, 6.45) is 1.95. The van der Waals surface area contributed by atoms with Crippen LogP contribution in [0.15, 0.2) is 22.3 Å². The fourth-order valence-electron chi connectivity index (χ4n) is 2.72. The molecule has 6 heteroatoms. The third-order valence-corrected chi connectivity index (χ3v) is 3.81. The van der Waals surface area contributed by atoms with E-state index in [0.717, 1.165) is 5.57 Å². The first kappa shape index (κ1) is 18.0. The molecule has 116 valence electrons. The molecule has 0 aliphatic heterocycles. The molecule has 0 aromatic heterocycles. The molecule has 0 spiro atoms. The number of carbonyl (C=O) groups is 1. The first-order chi connectivity index (χ1) is 11.1. The maximum absolute atomic E-state index is 11.5. The minimum Gasteiger partial charge on any atom is -0.466 e. The van der Waals surface area contributed by atoms with E-state index in [-0.39, 0.29) is 29.5 Å². The molecule has 1 aliphatic carbocycles. The van der Waals surface area contributed by atoms with Crippen molar-refractivity contribution in [1.82, 2.24) is 0 Å². The Labute approximate surface area is 135 Å². The van der Waals surface area contributed by atoms with Crippen LogP contribution in [0.2, 0.25) is 0 Å². The molecule has 1 fully saturated rings. The fourth-order valence-corrected chi connectivity index (χ4v) is 2.72. The number of carbonyl (C=O) groups excluding carboxylic acids is 1. The van der Waals surface area contributed by atoms with Gasteiger partial charge in [-0.25, -0.2) is 0 Å². The lowest BCUT2D eigenvalue weighted by molar-refractivity contribution is -0.143. The minimum absolute atomic E-state index is 0.0633. The number of esters is 1. The SMILES string of the molecule is CCOC(=O)CCC1CC(=C(C#N)C#N)CCC1=C(C#N)C#N. The highest BCUT2D eigenvalue weighted by atomic mass is 16.5. The zero-order valence-corrected chi connectivity index (χ0v) is 12.9. The van der Waals surface area contributed by atoms with Gasteiger partial charge >= 0.3 is 5.97 Å². The van der Waals surface area contributed by atoms with Crippen LogP contribution in [0.5, 0.6) is 0 Å². The Bertz CT molecular complexity index is 673. The average molecular weight is 308 g/mol. The summed E-state index contributed by atoms with van der Waals surface area (Å²) in [5, 5.41) is 36.2. The van der Waals surface area contributed by atoms with Crippen LogP contribution >= 0.6 is 0 Å². The molecule has 0 amide bonds. The third-order valence-electron chi connectivity index (χ3n) is 3.81. The summed E-state index contributed by atoms with van der Waals surface area (Å²) >= 11 is 0. The van der Waals surface area contributed by atoms with E-state index >= 15 is 0 Å². The predicted molar refractivity (Wildman–Crippen MR) is 79.7 cm³/mol. The Morgan fingerprint density at radius 3 is 2.22 bits per heavy atom. The second-order valence-electron chi connectivity index (χ2n) is 5.07. The molecule has 0 bridgehead atoms. The van der Waals surface area contributed by atoms with E-state index in [2.05, 4.69) is 0 Å². The van der Waals surface area contributed by atoms with Crippen LogP contribution in [-0.4, -0.2) is 12.6 Å². The van der Waals surface area contributed by atoms with Crippen molar-refractivity contribution >= 4 is 5.97 Å². The van der Waals surface area contributed by atoms with Crippen molar-refractivity contribution in [2.75, 3.05) is 6.61 Å². The molecular formula is C17H16N4O2. The van der Waals surface area contributed by atoms with Crippen molar-refractivity contribution < 1.29 is 9.53 Å². The van der Waals surface area contributed by atoms with Crippen LogP contribution in [0.3, 0.4) is 0 Å². The van der Waals surface area contributed by atoms with E-state index < -0.39 is 0 Å². The van der Waals surface area contributed by atoms with Crippen LogP contribution in [0.1, 0.15) is 39.0 Å². The normalized spacial score (nSPS) is 16.3. The molecule has 0 aromatic carbocycles. The molecule has 23 heavy (non-hydrogen) atoms. The maximum atomic E-state index is 11.5. The first-order valence-electron chi connectivity index (χ1n) is 7.32. The zero-order valence-electron chi connectivity index (χ0n) is 12.9. The van der Waals surface area contributed by atoms with Gasteiger partial charge in [0, 0.05) is 6.42 Å². The second-order valence-corrected chi connectivity index (χ2v) is 5.07. The van der Waals surface area contributed by atoms with Crippen molar-refractivity contribution in [3.05, 3.63) is 22.3 Å². The molecule has 1 aliphatic rings. The molecule has 0 heterocycles. The largest absolute Gasteiger partial charge is 0.466 e. The van der Waals surface area contributed by atoms with Gasteiger partial charge in [-0.2, -0.15) is 21.0 Å². The van der Waals surface area contributed by atoms with Crippen LogP contribution in [-0.2, 0) is 9.53 Å². The molecule has 0 radical (unpaired) electrons. The zero-order chi connectivity index (χ0) is 17.2. The van der Waals surface area contributed by atoms with Gasteiger partial charge in [0.25, 0.3) is 0 Å². The Balaban J connectivity index is 3.07. The van der Waals surface area contributed by atoms with E-state index in [4.69, 9.17) is 25.8 Å². The number of nitrogens with zero attached hydrogens (tertiary/aromatic N) is 4. The molecular weight excluding hydrogens is 292 g/mol. The Morgan fingerprint density at radius 2 is 1.70 bits per heavy atom. The van der Waals surface area contributed by atoms with Crippen molar-refractivity contribution in [2.45, 2.75) is 39.0 Å². The molecule has 1 rings (SSSR count). The topological polar surface area (TPSA) is 121 Å². The van der Waals surface area contributed by atoms with Gasteiger partial charge in [-0.05, 0) is 49.7 Å². The van der Waals surface area contributed by atoms with Crippen molar-refractivity contribution in [2.24, 2.45) is 5.92 Å². The molecule has 1 unspecified atom stereocenters. The number of hydrogen-bond acceptors (Lipinski definition) is 6. The summed E-state index contributed by atoms with van der Waals surface area (Å²) in [5.74, 6) is -0.534. The summed E-state index contributed by atoms with van der Waals surface area (Å²) < 4.78 is 4.90. The monoisotopic (exact) mass is 308 g/mol. The average Bonchev–Trinajstić information content (AvgIpc) is 2.56. The highest BCUT2D eigenvalue weighted by molar-refractivity contribution is 5.69. The van der Waals surface area contributed by atoms with Gasteiger partial charge in [0.2, 0.25) is 0 Å². The third kappa shape index (κ3) is 4.70. The minimum atomic E-state index is -0.334. The summed E-state index contributed by atoms with van der Waals surface area (Å²) in [6, 6.07) is 7.55. The van der Waals surface area contributed by atoms with E-state index in [1.165, 1.54) is 0 Å². The van der Waals surface area contributed by atoms with Crippen LogP contribution in [0, 0.1) is 51.2 Å². The van der Waals surface area contributed by atoms with Gasteiger partial charge in [-0.1, -0.05) is 0 Å². The summed E-state index contributed by atoms with van der Waals surface area (Å²) in [7, 11) is 0. The maximum Gasteiger partial charge on any atom is 0.305 e. The summed E-state index contributed by atoms with van der Waals surface area (Å²) in [6.45, 7) is 2.02. The fraction of sp³-hybridized carbons (Fsp3) is 0.471.